The number of aromatic nitrogens is 1. The summed E-state index contributed by atoms with van der Waals surface area (Å²) < 4.78 is 56.4. The van der Waals surface area contributed by atoms with Crippen molar-refractivity contribution in [2.45, 2.75) is 10.9 Å². The van der Waals surface area contributed by atoms with Gasteiger partial charge in [-0.05, 0) is 6.07 Å². The Hall–Kier alpha value is -2.00. The largest absolute Gasteiger partial charge is 0.377 e. The zero-order valence-electron chi connectivity index (χ0n) is 11.2. The number of nitrogens with one attached hydrogen (secondary N) is 2. The highest BCUT2D eigenvalue weighted by Crippen LogP contribution is 2.27. The summed E-state index contributed by atoms with van der Waals surface area (Å²) in [4.78, 5) is 13.9. The highest BCUT2D eigenvalue weighted by Gasteiger charge is 2.27. The quantitative estimate of drug-likeness (QED) is 0.865. The third-order valence-electron chi connectivity index (χ3n) is 3.32. The SMILES string of the molecule is O=C(CS(=O)(=O)c1c[nH]c2cc(F)cc(F)c12)NC1COC1. The van der Waals surface area contributed by atoms with E-state index >= 15 is 0 Å². The lowest BCUT2D eigenvalue weighted by molar-refractivity contribution is -0.122. The van der Waals surface area contributed by atoms with Crippen LogP contribution in [0.25, 0.3) is 10.9 Å². The van der Waals surface area contributed by atoms with E-state index in [4.69, 9.17) is 4.74 Å². The molecule has 3 rings (SSSR count). The Kier molecular flexibility index (Phi) is 3.61. The van der Waals surface area contributed by atoms with E-state index in [1.165, 1.54) is 0 Å². The first-order valence-electron chi connectivity index (χ1n) is 6.43. The zero-order valence-corrected chi connectivity index (χ0v) is 12.0. The number of hydrogen-bond donors (Lipinski definition) is 2. The second-order valence-electron chi connectivity index (χ2n) is 5.02. The van der Waals surface area contributed by atoms with Crippen molar-refractivity contribution in [1.82, 2.24) is 10.3 Å². The van der Waals surface area contributed by atoms with E-state index in [1.807, 2.05) is 0 Å². The lowest BCUT2D eigenvalue weighted by atomic mass is 10.2. The minimum Gasteiger partial charge on any atom is -0.377 e. The zero-order chi connectivity index (χ0) is 15.9. The van der Waals surface area contributed by atoms with Gasteiger partial charge in [0.05, 0.1) is 35.1 Å². The second kappa shape index (κ2) is 5.33. The smallest absolute Gasteiger partial charge is 0.235 e. The molecule has 2 N–H and O–H groups in total. The Labute approximate surface area is 124 Å². The van der Waals surface area contributed by atoms with Gasteiger partial charge in [-0.15, -0.1) is 0 Å². The molecule has 1 saturated heterocycles. The summed E-state index contributed by atoms with van der Waals surface area (Å²) in [6.45, 7) is 0.680. The minimum atomic E-state index is -4.05. The average molecular weight is 330 g/mol. The van der Waals surface area contributed by atoms with Gasteiger partial charge >= 0.3 is 0 Å². The van der Waals surface area contributed by atoms with Crippen LogP contribution >= 0.6 is 0 Å². The van der Waals surface area contributed by atoms with Crippen LogP contribution in [0.5, 0.6) is 0 Å². The molecule has 0 saturated carbocycles. The third kappa shape index (κ3) is 2.69. The number of carbonyl (C=O) groups is 1. The van der Waals surface area contributed by atoms with Crippen molar-refractivity contribution in [3.8, 4) is 0 Å². The summed E-state index contributed by atoms with van der Waals surface area (Å²) in [6.07, 6.45) is 1.06. The van der Waals surface area contributed by atoms with Gasteiger partial charge in [0.1, 0.15) is 17.4 Å². The molecule has 22 heavy (non-hydrogen) atoms. The average Bonchev–Trinajstić information content (AvgIpc) is 2.78. The van der Waals surface area contributed by atoms with E-state index in [9.17, 15) is 22.0 Å². The van der Waals surface area contributed by atoms with Crippen LogP contribution in [0, 0.1) is 11.6 Å². The summed E-state index contributed by atoms with van der Waals surface area (Å²) in [5.41, 5.74) is 0.0175. The van der Waals surface area contributed by atoms with Crippen LogP contribution < -0.4 is 5.32 Å². The maximum absolute atomic E-state index is 13.8. The number of aromatic amines is 1. The van der Waals surface area contributed by atoms with Crippen molar-refractivity contribution in [3.05, 3.63) is 30.0 Å². The predicted molar refractivity (Wildman–Crippen MR) is 73.0 cm³/mol. The fourth-order valence-electron chi connectivity index (χ4n) is 2.24. The Bertz CT molecular complexity index is 843. The van der Waals surface area contributed by atoms with Crippen LogP contribution in [-0.2, 0) is 19.4 Å². The van der Waals surface area contributed by atoms with Gasteiger partial charge in [0.2, 0.25) is 5.91 Å². The lowest BCUT2D eigenvalue weighted by Gasteiger charge is -2.26. The van der Waals surface area contributed by atoms with Crippen LogP contribution in [0.2, 0.25) is 0 Å². The van der Waals surface area contributed by atoms with E-state index in [0.717, 1.165) is 12.3 Å². The summed E-state index contributed by atoms with van der Waals surface area (Å²) in [6, 6.07) is 1.39. The van der Waals surface area contributed by atoms with E-state index in [-0.39, 0.29) is 21.8 Å². The van der Waals surface area contributed by atoms with E-state index in [2.05, 4.69) is 10.3 Å². The highest BCUT2D eigenvalue weighted by molar-refractivity contribution is 7.92. The third-order valence-corrected chi connectivity index (χ3v) is 4.95. The molecule has 0 aliphatic carbocycles. The van der Waals surface area contributed by atoms with Crippen molar-refractivity contribution in [3.63, 3.8) is 0 Å². The van der Waals surface area contributed by atoms with Crippen LogP contribution in [0.4, 0.5) is 8.78 Å². The van der Waals surface area contributed by atoms with Crippen LogP contribution in [0.1, 0.15) is 0 Å². The molecule has 0 spiro atoms. The molecule has 0 radical (unpaired) electrons. The van der Waals surface area contributed by atoms with Crippen molar-refractivity contribution >= 4 is 26.6 Å². The Morgan fingerprint density at radius 2 is 2.09 bits per heavy atom. The highest BCUT2D eigenvalue weighted by atomic mass is 32.2. The van der Waals surface area contributed by atoms with Crippen molar-refractivity contribution < 1.29 is 26.7 Å². The minimum absolute atomic E-state index is 0.0175. The number of carbonyl (C=O) groups excluding carboxylic acids is 1. The fourth-order valence-corrected chi connectivity index (χ4v) is 3.58. The summed E-state index contributed by atoms with van der Waals surface area (Å²) in [5, 5.41) is 2.25. The summed E-state index contributed by atoms with van der Waals surface area (Å²) in [5.74, 6) is -3.32. The van der Waals surface area contributed by atoms with Crippen LogP contribution in [0.15, 0.2) is 23.2 Å². The number of hydrogen-bond acceptors (Lipinski definition) is 4. The molecule has 1 amide bonds. The molecule has 1 aromatic carbocycles. The number of fused-ring (bicyclic) bond motifs is 1. The maximum atomic E-state index is 13.8. The Morgan fingerprint density at radius 3 is 2.73 bits per heavy atom. The Morgan fingerprint density at radius 1 is 1.36 bits per heavy atom. The van der Waals surface area contributed by atoms with E-state index in [0.29, 0.717) is 19.3 Å². The predicted octanol–water partition coefficient (Wildman–Crippen LogP) is 0.735. The van der Waals surface area contributed by atoms with Gasteiger partial charge in [-0.25, -0.2) is 17.2 Å². The molecule has 1 fully saturated rings. The van der Waals surface area contributed by atoms with Gasteiger partial charge in [0, 0.05) is 12.3 Å². The molecule has 1 aromatic heterocycles. The van der Waals surface area contributed by atoms with Crippen molar-refractivity contribution in [2.24, 2.45) is 0 Å². The molecule has 9 heteroatoms. The molecular weight excluding hydrogens is 318 g/mol. The molecular formula is C13H12F2N2O4S. The van der Waals surface area contributed by atoms with Crippen LogP contribution in [0.3, 0.4) is 0 Å². The lowest BCUT2D eigenvalue weighted by Crippen LogP contribution is -2.50. The van der Waals surface area contributed by atoms with Gasteiger partial charge < -0.3 is 15.0 Å². The Balaban J connectivity index is 1.90. The standard InChI is InChI=1S/C13H12F2N2O4S/c14-7-1-9(15)13-10(2-7)16-3-11(13)22(19,20)6-12(18)17-8-4-21-5-8/h1-3,8,16H,4-6H2,(H,17,18). The molecule has 0 atom stereocenters. The van der Waals surface area contributed by atoms with E-state index in [1.54, 1.807) is 0 Å². The first-order valence-corrected chi connectivity index (χ1v) is 8.08. The van der Waals surface area contributed by atoms with Crippen LogP contribution in [-0.4, -0.2) is 44.3 Å². The van der Waals surface area contributed by atoms with Gasteiger partial charge in [-0.3, -0.25) is 4.79 Å². The molecule has 0 unspecified atom stereocenters. The number of halogens is 2. The van der Waals surface area contributed by atoms with Gasteiger partial charge in [0.25, 0.3) is 0 Å². The molecule has 6 nitrogen and oxygen atoms in total. The maximum Gasteiger partial charge on any atom is 0.235 e. The van der Waals surface area contributed by atoms with Gasteiger partial charge in [0.15, 0.2) is 9.84 Å². The molecule has 2 heterocycles. The normalized spacial score (nSPS) is 15.7. The van der Waals surface area contributed by atoms with E-state index < -0.39 is 33.1 Å². The number of H-pyrrole nitrogens is 1. The first-order chi connectivity index (χ1) is 10.4. The number of rotatable bonds is 4. The number of sulfone groups is 1. The molecule has 1 aliphatic heterocycles. The molecule has 0 bridgehead atoms. The number of amides is 1. The number of ether oxygens (including phenoxy) is 1. The van der Waals surface area contributed by atoms with Crippen molar-refractivity contribution in [2.75, 3.05) is 19.0 Å². The molecule has 1 aliphatic rings. The topological polar surface area (TPSA) is 88.3 Å². The van der Waals surface area contributed by atoms with Crippen molar-refractivity contribution in [1.29, 1.82) is 0 Å². The van der Waals surface area contributed by atoms with Gasteiger partial charge in [-0.2, -0.15) is 0 Å². The summed E-state index contributed by atoms with van der Waals surface area (Å²) in [7, 11) is -4.05. The molecule has 118 valence electrons. The summed E-state index contributed by atoms with van der Waals surface area (Å²) >= 11 is 0. The second-order valence-corrected chi connectivity index (χ2v) is 6.98. The monoisotopic (exact) mass is 330 g/mol. The van der Waals surface area contributed by atoms with Gasteiger partial charge in [-0.1, -0.05) is 0 Å². The number of benzene rings is 1. The molecule has 2 aromatic rings. The first kappa shape index (κ1) is 14.9. The fraction of sp³-hybridized carbons (Fsp3) is 0.308.